The molecule has 0 saturated carbocycles. The number of quaternary nitrogens is 1. The van der Waals surface area contributed by atoms with E-state index in [4.69, 9.17) is 13.8 Å². The van der Waals surface area contributed by atoms with Gasteiger partial charge >= 0.3 is 5.97 Å². The molecule has 1 amide bonds. The number of phosphoric ester groups is 1. The molecule has 10 heteroatoms. The van der Waals surface area contributed by atoms with Crippen molar-refractivity contribution in [1.82, 2.24) is 5.32 Å². The number of carbonyl (C=O) groups excluding carboxylic acids is 2. The molecule has 0 saturated heterocycles. The van der Waals surface area contributed by atoms with Crippen molar-refractivity contribution in [2.24, 2.45) is 0 Å². The molecule has 1 N–H and O–H groups in total. The minimum absolute atomic E-state index is 0.0182. The summed E-state index contributed by atoms with van der Waals surface area (Å²) in [5, 5.41) is 3.05. The van der Waals surface area contributed by atoms with Crippen LogP contribution in [0.1, 0.15) is 355 Å². The van der Waals surface area contributed by atoms with Gasteiger partial charge in [-0.15, -0.1) is 0 Å². The molecule has 0 aliphatic carbocycles. The zero-order valence-electron chi connectivity index (χ0n) is 53.6. The second-order valence-electron chi connectivity index (χ2n) is 25.0. The number of nitrogens with zero attached hydrogens (tertiary/aromatic N) is 1. The second-order valence-corrected chi connectivity index (χ2v) is 26.5. The largest absolute Gasteiger partial charge is 0.756 e. The molecular formula is C69H135N2O7P. The van der Waals surface area contributed by atoms with Crippen LogP contribution in [0, 0.1) is 0 Å². The summed E-state index contributed by atoms with van der Waals surface area (Å²) in [6.07, 6.45) is 71.5. The third kappa shape index (κ3) is 60.9. The Balaban J connectivity index is 5.13. The molecule has 0 rings (SSSR count). The Hall–Kier alpha value is -1.51. The second kappa shape index (κ2) is 59.6. The fourth-order valence-electron chi connectivity index (χ4n) is 10.5. The predicted octanol–water partition coefficient (Wildman–Crippen LogP) is 21.0. The highest BCUT2D eigenvalue weighted by Crippen LogP contribution is 2.38. The smallest absolute Gasteiger partial charge is 0.306 e. The Morgan fingerprint density at radius 1 is 0.430 bits per heavy atom. The molecule has 0 bridgehead atoms. The number of allylic oxidation sites excluding steroid dienone is 3. The number of ether oxygens (including phenoxy) is 1. The monoisotopic (exact) mass is 1140 g/mol. The number of esters is 1. The lowest BCUT2D eigenvalue weighted by atomic mass is 10.0. The van der Waals surface area contributed by atoms with Crippen molar-refractivity contribution in [3.63, 3.8) is 0 Å². The normalized spacial score (nSPS) is 13.7. The number of unbranched alkanes of at least 4 members (excludes halogenated alkanes) is 46. The van der Waals surface area contributed by atoms with E-state index in [9.17, 15) is 19.0 Å². The maximum absolute atomic E-state index is 13.6. The Morgan fingerprint density at radius 2 is 0.734 bits per heavy atom. The van der Waals surface area contributed by atoms with E-state index in [1.165, 1.54) is 263 Å². The third-order valence-corrected chi connectivity index (χ3v) is 16.8. The van der Waals surface area contributed by atoms with Crippen LogP contribution in [0.5, 0.6) is 0 Å². The van der Waals surface area contributed by atoms with Crippen LogP contribution in [0.4, 0.5) is 0 Å². The summed E-state index contributed by atoms with van der Waals surface area (Å²) < 4.78 is 30.4. The fourth-order valence-corrected chi connectivity index (χ4v) is 11.2. The van der Waals surface area contributed by atoms with E-state index in [2.05, 4.69) is 38.2 Å². The van der Waals surface area contributed by atoms with Gasteiger partial charge in [0.1, 0.15) is 19.3 Å². The summed E-state index contributed by atoms with van der Waals surface area (Å²) in [7, 11) is 1.21. The van der Waals surface area contributed by atoms with Crippen LogP contribution in [0.25, 0.3) is 0 Å². The summed E-state index contributed by atoms with van der Waals surface area (Å²) in [5.74, 6) is -0.519. The first-order valence-corrected chi connectivity index (χ1v) is 36.1. The summed E-state index contributed by atoms with van der Waals surface area (Å²) >= 11 is 0. The highest BCUT2D eigenvalue weighted by molar-refractivity contribution is 7.45. The summed E-state index contributed by atoms with van der Waals surface area (Å²) in [4.78, 5) is 40.1. The molecule has 0 aliphatic rings. The minimum atomic E-state index is -4.70. The number of amides is 1. The first-order chi connectivity index (χ1) is 38.4. The number of carbonyl (C=O) groups is 2. The molecule has 9 nitrogen and oxygen atoms in total. The number of nitrogens with one attached hydrogen (secondary N) is 1. The van der Waals surface area contributed by atoms with Crippen LogP contribution in [0.15, 0.2) is 24.3 Å². The molecule has 0 aromatic heterocycles. The Kier molecular flexibility index (Phi) is 58.5. The summed E-state index contributed by atoms with van der Waals surface area (Å²) in [6, 6.07) is -0.883. The number of hydrogen-bond donors (Lipinski definition) is 1. The number of phosphoric acid groups is 1. The molecule has 0 heterocycles. The van der Waals surface area contributed by atoms with E-state index in [0.29, 0.717) is 17.4 Å². The van der Waals surface area contributed by atoms with Crippen molar-refractivity contribution < 1.29 is 37.3 Å². The zero-order chi connectivity index (χ0) is 57.9. The molecule has 0 aliphatic heterocycles. The van der Waals surface area contributed by atoms with E-state index in [-0.39, 0.29) is 31.5 Å². The van der Waals surface area contributed by atoms with E-state index >= 15 is 0 Å². The Labute approximate surface area is 492 Å². The van der Waals surface area contributed by atoms with Gasteiger partial charge in [0.15, 0.2) is 0 Å². The van der Waals surface area contributed by atoms with Crippen molar-refractivity contribution in [2.45, 2.75) is 367 Å². The van der Waals surface area contributed by atoms with Gasteiger partial charge in [-0.3, -0.25) is 14.2 Å². The van der Waals surface area contributed by atoms with Gasteiger partial charge in [0.25, 0.3) is 7.82 Å². The molecule has 0 spiro atoms. The van der Waals surface area contributed by atoms with Crippen molar-refractivity contribution >= 4 is 19.7 Å². The van der Waals surface area contributed by atoms with E-state index in [1.54, 1.807) is 0 Å². The van der Waals surface area contributed by atoms with Crippen molar-refractivity contribution in [3.05, 3.63) is 24.3 Å². The van der Waals surface area contributed by atoms with Crippen LogP contribution in [-0.2, 0) is 27.9 Å². The molecule has 0 radical (unpaired) electrons. The maximum Gasteiger partial charge on any atom is 0.306 e. The molecule has 79 heavy (non-hydrogen) atoms. The van der Waals surface area contributed by atoms with Gasteiger partial charge in [-0.2, -0.15) is 0 Å². The lowest BCUT2D eigenvalue weighted by Gasteiger charge is -2.30. The highest BCUT2D eigenvalue weighted by Gasteiger charge is 2.27. The van der Waals surface area contributed by atoms with E-state index < -0.39 is 20.0 Å². The van der Waals surface area contributed by atoms with Crippen LogP contribution < -0.4 is 10.2 Å². The van der Waals surface area contributed by atoms with Crippen molar-refractivity contribution in [1.29, 1.82) is 0 Å². The van der Waals surface area contributed by atoms with Crippen molar-refractivity contribution in [2.75, 3.05) is 40.9 Å². The van der Waals surface area contributed by atoms with Crippen LogP contribution in [0.2, 0.25) is 0 Å². The Bertz CT molecular complexity index is 1400. The summed E-state index contributed by atoms with van der Waals surface area (Å²) in [5.41, 5.74) is 0. The number of likely N-dealkylation sites (N-methyl/N-ethyl adjacent to an activating group) is 1. The number of rotatable bonds is 64. The SMILES string of the molecule is CCCCCCCC/C=C/CCCCCCCCCCCCCC(=O)OC(/C=C/CCCCCCCCCCCCC)C(COP(=O)([O-])OCC[N+](C)(C)C)NC(=O)CCCCCCCCCCCCCCCCCCCCC. The van der Waals surface area contributed by atoms with Gasteiger partial charge in [-0.05, 0) is 57.4 Å². The summed E-state index contributed by atoms with van der Waals surface area (Å²) in [6.45, 7) is 6.91. The first kappa shape index (κ1) is 77.5. The van der Waals surface area contributed by atoms with Crippen molar-refractivity contribution in [3.8, 4) is 0 Å². The van der Waals surface area contributed by atoms with Gasteiger partial charge < -0.3 is 28.5 Å². The average Bonchev–Trinajstić information content (AvgIpc) is 3.41. The number of hydrogen-bond acceptors (Lipinski definition) is 7. The maximum atomic E-state index is 13.6. The van der Waals surface area contributed by atoms with Crippen LogP contribution in [-0.4, -0.2) is 69.4 Å². The van der Waals surface area contributed by atoms with Gasteiger partial charge in [0.05, 0.1) is 33.8 Å². The minimum Gasteiger partial charge on any atom is -0.756 e. The molecule has 0 fully saturated rings. The van der Waals surface area contributed by atoms with Gasteiger partial charge in [0.2, 0.25) is 5.91 Å². The van der Waals surface area contributed by atoms with E-state index in [0.717, 1.165) is 57.8 Å². The van der Waals surface area contributed by atoms with Gasteiger partial charge in [0, 0.05) is 12.8 Å². The molecule has 3 unspecified atom stereocenters. The fraction of sp³-hybridized carbons (Fsp3) is 0.913. The molecular weight excluding hydrogens is 1000 g/mol. The third-order valence-electron chi connectivity index (χ3n) is 15.9. The van der Waals surface area contributed by atoms with Gasteiger partial charge in [-0.25, -0.2) is 0 Å². The topological polar surface area (TPSA) is 114 Å². The Morgan fingerprint density at radius 3 is 1.08 bits per heavy atom. The molecule has 0 aromatic rings. The van der Waals surface area contributed by atoms with Gasteiger partial charge in [-0.1, -0.05) is 309 Å². The average molecular weight is 1140 g/mol. The predicted molar refractivity (Wildman–Crippen MR) is 340 cm³/mol. The van der Waals surface area contributed by atoms with Crippen LogP contribution in [0.3, 0.4) is 0 Å². The van der Waals surface area contributed by atoms with E-state index in [1.807, 2.05) is 33.3 Å². The lowest BCUT2D eigenvalue weighted by molar-refractivity contribution is -0.870. The first-order valence-electron chi connectivity index (χ1n) is 34.6. The molecule has 468 valence electrons. The highest BCUT2D eigenvalue weighted by atomic mass is 31.2. The van der Waals surface area contributed by atoms with Crippen LogP contribution >= 0.6 is 7.82 Å². The zero-order valence-corrected chi connectivity index (χ0v) is 54.5. The quantitative estimate of drug-likeness (QED) is 0.0212. The lowest BCUT2D eigenvalue weighted by Crippen LogP contribution is -2.47. The standard InChI is InChI=1S/C69H135N2O7P/c1-7-10-13-16-19-22-25-28-30-32-34-35-37-39-41-44-47-50-53-56-59-62-69(73)78-67(60-57-54-51-48-45-42-27-24-21-18-15-12-9-3)66(65-77-79(74,75)76-64-63-71(4,5)6)70-68(72)61-58-55-52-49-46-43-40-38-36-33-31-29-26-23-20-17-14-11-8-2/h28,30,57,60,66-67H,7-27,29,31-56,58-59,61-65H2,1-6H3,(H-,70,72,74,75)/b30-28+,60-57+. The molecule has 3 atom stereocenters. The molecule has 0 aromatic carbocycles.